The van der Waals surface area contributed by atoms with Crippen molar-refractivity contribution in [3.8, 4) is 11.5 Å². The van der Waals surface area contributed by atoms with Crippen molar-refractivity contribution in [1.29, 1.82) is 0 Å². The average Bonchev–Trinajstić information content (AvgIpc) is 3.35. The number of hydrogen-bond donors (Lipinski definition) is 0. The smallest absolute Gasteiger partial charge is 0.283 e. The number of methoxy groups -OCH3 is 2. The first-order valence-electron chi connectivity index (χ1n) is 14.0. The van der Waals surface area contributed by atoms with Crippen molar-refractivity contribution in [3.05, 3.63) is 107 Å². The van der Waals surface area contributed by atoms with Crippen LogP contribution in [0.4, 0.5) is 5.69 Å². The Balaban J connectivity index is 1.69. The highest BCUT2D eigenvalue weighted by Gasteiger charge is 2.36. The zero-order chi connectivity index (χ0) is 32.2. The van der Waals surface area contributed by atoms with Gasteiger partial charge in [0.1, 0.15) is 17.5 Å². The number of likely N-dealkylation sites (N-methyl/N-ethyl adjacent to an activating group) is 1. The second kappa shape index (κ2) is 13.4. The van der Waals surface area contributed by atoms with Crippen LogP contribution in [0.1, 0.15) is 37.9 Å². The molecule has 0 N–H and O–H groups in total. The zero-order valence-corrected chi connectivity index (χ0v) is 26.8. The summed E-state index contributed by atoms with van der Waals surface area (Å²) >= 11 is 2.22. The van der Waals surface area contributed by atoms with E-state index in [1.54, 1.807) is 66.7 Å². The SMILES string of the molecule is CCN(CC)C(=O)C1=C(C)N=c2s/c(=C\c3ccc(Sc4ncccn4)c([N+](=O)[O-])c3)c(=O)n2[C@@H]1c1cc(OC)ccc1OC. The lowest BCUT2D eigenvalue weighted by Gasteiger charge is -2.30. The molecule has 0 aliphatic carbocycles. The number of aromatic nitrogens is 3. The Morgan fingerprint density at radius 1 is 1.13 bits per heavy atom. The van der Waals surface area contributed by atoms with E-state index in [2.05, 4.69) is 9.97 Å². The largest absolute Gasteiger partial charge is 0.497 e. The van der Waals surface area contributed by atoms with Crippen molar-refractivity contribution >= 4 is 40.8 Å². The van der Waals surface area contributed by atoms with Crippen LogP contribution in [0.3, 0.4) is 0 Å². The van der Waals surface area contributed by atoms with Crippen LogP contribution in [0.5, 0.6) is 11.5 Å². The molecule has 232 valence electrons. The van der Waals surface area contributed by atoms with E-state index in [1.165, 1.54) is 24.9 Å². The molecule has 12 nitrogen and oxygen atoms in total. The Labute approximate surface area is 266 Å². The number of nitro benzene ring substituents is 1. The molecule has 5 rings (SSSR count). The molecule has 0 bridgehead atoms. The average molecular weight is 647 g/mol. The van der Waals surface area contributed by atoms with Crippen LogP contribution in [-0.2, 0) is 4.79 Å². The highest BCUT2D eigenvalue weighted by molar-refractivity contribution is 7.99. The number of nitro groups is 1. The number of amides is 1. The minimum absolute atomic E-state index is 0.143. The van der Waals surface area contributed by atoms with Gasteiger partial charge in [-0.15, -0.1) is 0 Å². The van der Waals surface area contributed by atoms with Crippen LogP contribution in [0, 0.1) is 10.1 Å². The molecule has 0 fully saturated rings. The van der Waals surface area contributed by atoms with E-state index >= 15 is 0 Å². The Kier molecular flexibility index (Phi) is 9.44. The van der Waals surface area contributed by atoms with E-state index in [-0.39, 0.29) is 11.6 Å². The molecule has 2 aromatic carbocycles. The molecular weight excluding hydrogens is 617 g/mol. The fourth-order valence-corrected chi connectivity index (χ4v) is 6.91. The van der Waals surface area contributed by atoms with Gasteiger partial charge in [0.15, 0.2) is 9.96 Å². The standard InChI is InChI=1S/C31H30N6O6S2/c1-6-35(7-2)29(39)26-18(3)34-31-36(27(26)21-17-20(42-4)10-11-23(21)43-5)28(38)25(45-31)16-19-9-12-24(22(15-19)37(40)41)44-30-32-13-8-14-33-30/h8-17,27H,6-7H2,1-5H3/b25-16-/t27-/m1/s1. The normalized spacial score (nSPS) is 14.5. The summed E-state index contributed by atoms with van der Waals surface area (Å²) in [7, 11) is 3.06. The lowest BCUT2D eigenvalue weighted by Crippen LogP contribution is -2.43. The molecule has 1 amide bonds. The molecule has 1 aliphatic rings. The van der Waals surface area contributed by atoms with E-state index in [1.807, 2.05) is 13.8 Å². The third-order valence-electron chi connectivity index (χ3n) is 7.25. The number of allylic oxidation sites excluding steroid dienone is 1. The maximum Gasteiger partial charge on any atom is 0.283 e. The third-order valence-corrected chi connectivity index (χ3v) is 9.20. The van der Waals surface area contributed by atoms with Gasteiger partial charge in [-0.25, -0.2) is 15.0 Å². The van der Waals surface area contributed by atoms with Crippen LogP contribution in [0.25, 0.3) is 6.08 Å². The summed E-state index contributed by atoms with van der Waals surface area (Å²) in [5.41, 5.74) is 1.31. The summed E-state index contributed by atoms with van der Waals surface area (Å²) in [5, 5.41) is 12.4. The van der Waals surface area contributed by atoms with Gasteiger partial charge >= 0.3 is 0 Å². The maximum absolute atomic E-state index is 14.2. The number of nitrogens with zero attached hydrogens (tertiary/aromatic N) is 6. The monoisotopic (exact) mass is 646 g/mol. The molecule has 2 aromatic heterocycles. The lowest BCUT2D eigenvalue weighted by molar-refractivity contribution is -0.387. The summed E-state index contributed by atoms with van der Waals surface area (Å²) in [6.07, 6.45) is 4.72. The second-order valence-electron chi connectivity index (χ2n) is 9.78. The molecule has 45 heavy (non-hydrogen) atoms. The van der Waals surface area contributed by atoms with Crippen molar-refractivity contribution in [3.63, 3.8) is 0 Å². The number of carbonyl (C=O) groups excluding carboxylic acids is 1. The van der Waals surface area contributed by atoms with Crippen molar-refractivity contribution in [2.45, 2.75) is 36.9 Å². The number of thiazole rings is 1. The highest BCUT2D eigenvalue weighted by atomic mass is 32.2. The van der Waals surface area contributed by atoms with E-state index in [4.69, 9.17) is 14.5 Å². The summed E-state index contributed by atoms with van der Waals surface area (Å²) in [6, 6.07) is 10.7. The van der Waals surface area contributed by atoms with Gasteiger partial charge in [0.05, 0.1) is 39.8 Å². The van der Waals surface area contributed by atoms with Gasteiger partial charge in [-0.1, -0.05) is 17.4 Å². The van der Waals surface area contributed by atoms with Gasteiger partial charge in [0.25, 0.3) is 17.2 Å². The Hall–Kier alpha value is -4.82. The molecule has 0 saturated heterocycles. The number of carbonyl (C=O) groups is 1. The van der Waals surface area contributed by atoms with Crippen molar-refractivity contribution in [2.75, 3.05) is 27.3 Å². The van der Waals surface area contributed by atoms with E-state index in [0.29, 0.717) is 66.4 Å². The minimum Gasteiger partial charge on any atom is -0.497 e. The van der Waals surface area contributed by atoms with E-state index < -0.39 is 16.5 Å². The van der Waals surface area contributed by atoms with Gasteiger partial charge in [-0.05, 0) is 74.5 Å². The molecular formula is C31H30N6O6S2. The van der Waals surface area contributed by atoms with Gasteiger partial charge in [-0.3, -0.25) is 24.3 Å². The second-order valence-corrected chi connectivity index (χ2v) is 11.8. The zero-order valence-electron chi connectivity index (χ0n) is 25.2. The molecule has 1 aliphatic heterocycles. The first-order chi connectivity index (χ1) is 21.7. The fourth-order valence-electron chi connectivity index (χ4n) is 5.06. The van der Waals surface area contributed by atoms with Gasteiger partial charge in [0.2, 0.25) is 0 Å². The Morgan fingerprint density at radius 2 is 1.87 bits per heavy atom. The highest BCUT2D eigenvalue weighted by Crippen LogP contribution is 2.38. The molecule has 14 heteroatoms. The lowest BCUT2D eigenvalue weighted by atomic mass is 9.93. The molecule has 0 spiro atoms. The van der Waals surface area contributed by atoms with E-state index in [0.717, 1.165) is 23.1 Å². The van der Waals surface area contributed by atoms with Gasteiger partial charge < -0.3 is 14.4 Å². The van der Waals surface area contributed by atoms with Crippen LogP contribution in [0.2, 0.25) is 0 Å². The Bertz CT molecular complexity index is 1990. The predicted octanol–water partition coefficient (Wildman–Crippen LogP) is 3.97. The number of rotatable bonds is 10. The van der Waals surface area contributed by atoms with Gasteiger partial charge in [0, 0.05) is 37.1 Å². The maximum atomic E-state index is 14.2. The number of hydrogen-bond acceptors (Lipinski definition) is 11. The van der Waals surface area contributed by atoms with Crippen molar-refractivity contribution in [2.24, 2.45) is 4.99 Å². The molecule has 0 unspecified atom stereocenters. The minimum atomic E-state index is -0.861. The predicted molar refractivity (Wildman–Crippen MR) is 170 cm³/mol. The Morgan fingerprint density at radius 3 is 2.51 bits per heavy atom. The quantitative estimate of drug-likeness (QED) is 0.142. The van der Waals surface area contributed by atoms with Gasteiger partial charge in [-0.2, -0.15) is 0 Å². The number of ether oxygens (including phenoxy) is 2. The number of benzene rings is 2. The molecule has 0 saturated carbocycles. The van der Waals surface area contributed by atoms with Crippen molar-refractivity contribution in [1.82, 2.24) is 19.4 Å². The van der Waals surface area contributed by atoms with Crippen LogP contribution < -0.4 is 24.4 Å². The first kappa shape index (κ1) is 31.6. The molecule has 4 aromatic rings. The first-order valence-corrected chi connectivity index (χ1v) is 15.6. The molecule has 1 atom stereocenters. The van der Waals surface area contributed by atoms with Crippen LogP contribution in [-0.4, -0.2) is 57.6 Å². The van der Waals surface area contributed by atoms with E-state index in [9.17, 15) is 19.7 Å². The third kappa shape index (κ3) is 6.24. The topological polar surface area (TPSA) is 142 Å². The summed E-state index contributed by atoms with van der Waals surface area (Å²) in [5.74, 6) is 0.765. The molecule has 3 heterocycles. The number of fused-ring (bicyclic) bond motifs is 1. The summed E-state index contributed by atoms with van der Waals surface area (Å²) < 4.78 is 13.0. The summed E-state index contributed by atoms with van der Waals surface area (Å²) in [4.78, 5) is 55.0. The molecule has 0 radical (unpaired) electrons. The van der Waals surface area contributed by atoms with Crippen LogP contribution in [0.15, 0.2) is 86.0 Å². The van der Waals surface area contributed by atoms with Crippen LogP contribution >= 0.6 is 23.1 Å². The van der Waals surface area contributed by atoms with Crippen molar-refractivity contribution < 1.29 is 19.2 Å². The summed E-state index contributed by atoms with van der Waals surface area (Å²) in [6.45, 7) is 6.49. The fraction of sp³-hybridized carbons (Fsp3) is 0.258.